The lowest BCUT2D eigenvalue weighted by Gasteiger charge is -2.10. The van der Waals surface area contributed by atoms with E-state index in [2.05, 4.69) is 0 Å². The van der Waals surface area contributed by atoms with E-state index < -0.39 is 5.97 Å². The quantitative estimate of drug-likeness (QED) is 0.898. The highest BCUT2D eigenvalue weighted by Gasteiger charge is 2.14. The summed E-state index contributed by atoms with van der Waals surface area (Å²) >= 11 is 0. The minimum atomic E-state index is -0.922. The van der Waals surface area contributed by atoms with E-state index in [1.54, 1.807) is 19.4 Å². The number of rotatable bonds is 5. The van der Waals surface area contributed by atoms with Crippen LogP contribution < -0.4 is 0 Å². The van der Waals surface area contributed by atoms with E-state index in [1.807, 2.05) is 35.8 Å². The summed E-state index contributed by atoms with van der Waals surface area (Å²) in [5, 5.41) is 9.14. The van der Waals surface area contributed by atoms with Gasteiger partial charge in [-0.2, -0.15) is 0 Å². The number of nitrogens with zero attached hydrogens (tertiary/aromatic N) is 1. The number of hydrogen-bond acceptors (Lipinski definition) is 2. The van der Waals surface area contributed by atoms with Crippen molar-refractivity contribution in [2.24, 2.45) is 0 Å². The van der Waals surface area contributed by atoms with E-state index in [4.69, 9.17) is 9.84 Å². The number of carboxylic acids is 1. The van der Waals surface area contributed by atoms with Crippen LogP contribution in [0.15, 0.2) is 36.5 Å². The number of ether oxygens (including phenoxy) is 1. The zero-order chi connectivity index (χ0) is 13.8. The third kappa shape index (κ3) is 3.03. The van der Waals surface area contributed by atoms with Gasteiger partial charge in [-0.3, -0.25) is 0 Å². The summed E-state index contributed by atoms with van der Waals surface area (Å²) in [5.41, 5.74) is 3.33. The van der Waals surface area contributed by atoms with Crippen molar-refractivity contribution in [1.82, 2.24) is 4.57 Å². The molecule has 1 aromatic carbocycles. The number of aromatic nitrogens is 1. The van der Waals surface area contributed by atoms with Crippen LogP contribution in [0, 0.1) is 6.92 Å². The van der Waals surface area contributed by atoms with Crippen molar-refractivity contribution in [3.05, 3.63) is 58.9 Å². The average Bonchev–Trinajstić information content (AvgIpc) is 2.76. The summed E-state index contributed by atoms with van der Waals surface area (Å²) < 4.78 is 7.00. The fraction of sp³-hybridized carbons (Fsp3) is 0.267. The van der Waals surface area contributed by atoms with Crippen molar-refractivity contribution in [3.63, 3.8) is 0 Å². The van der Waals surface area contributed by atoms with Crippen LogP contribution in [0.1, 0.15) is 27.2 Å². The predicted molar refractivity (Wildman–Crippen MR) is 72.4 cm³/mol. The Hall–Kier alpha value is -2.07. The molecular formula is C15H17NO3. The summed E-state index contributed by atoms with van der Waals surface area (Å²) in [6, 6.07) is 9.81. The SMILES string of the molecule is COCc1c(C(=O)O)ccn1Cc1ccc(C)cc1. The van der Waals surface area contributed by atoms with Crippen molar-refractivity contribution in [2.75, 3.05) is 7.11 Å². The van der Waals surface area contributed by atoms with Gasteiger partial charge < -0.3 is 14.4 Å². The minimum Gasteiger partial charge on any atom is -0.478 e. The topological polar surface area (TPSA) is 51.5 Å². The summed E-state index contributed by atoms with van der Waals surface area (Å²) in [7, 11) is 1.56. The number of carbonyl (C=O) groups is 1. The number of aryl methyl sites for hydroxylation is 1. The van der Waals surface area contributed by atoms with E-state index in [1.165, 1.54) is 5.56 Å². The Kier molecular flexibility index (Phi) is 4.02. The molecule has 100 valence electrons. The van der Waals surface area contributed by atoms with E-state index >= 15 is 0 Å². The van der Waals surface area contributed by atoms with Crippen LogP contribution in [0.2, 0.25) is 0 Å². The van der Waals surface area contributed by atoms with Crippen LogP contribution >= 0.6 is 0 Å². The largest absolute Gasteiger partial charge is 0.478 e. The Labute approximate surface area is 112 Å². The van der Waals surface area contributed by atoms with Gasteiger partial charge in [-0.25, -0.2) is 4.79 Å². The molecule has 4 heteroatoms. The molecule has 0 radical (unpaired) electrons. The molecule has 1 heterocycles. The minimum absolute atomic E-state index is 0.292. The average molecular weight is 259 g/mol. The van der Waals surface area contributed by atoms with Crippen molar-refractivity contribution < 1.29 is 14.6 Å². The first-order chi connectivity index (χ1) is 9.11. The summed E-state index contributed by atoms with van der Waals surface area (Å²) in [4.78, 5) is 11.1. The normalized spacial score (nSPS) is 10.6. The van der Waals surface area contributed by atoms with Crippen LogP contribution in [0.3, 0.4) is 0 Å². The molecule has 19 heavy (non-hydrogen) atoms. The smallest absolute Gasteiger partial charge is 0.337 e. The molecule has 1 aromatic heterocycles. The number of benzene rings is 1. The summed E-state index contributed by atoms with van der Waals surface area (Å²) in [6.45, 7) is 2.98. The van der Waals surface area contributed by atoms with Crippen LogP contribution in [0.25, 0.3) is 0 Å². The molecule has 2 rings (SSSR count). The van der Waals surface area contributed by atoms with Gasteiger partial charge in [0.2, 0.25) is 0 Å². The molecule has 0 aliphatic heterocycles. The Morgan fingerprint density at radius 3 is 2.53 bits per heavy atom. The van der Waals surface area contributed by atoms with Crippen LogP contribution in [-0.2, 0) is 17.9 Å². The van der Waals surface area contributed by atoms with Gasteiger partial charge in [0.15, 0.2) is 0 Å². The van der Waals surface area contributed by atoms with Crippen molar-refractivity contribution >= 4 is 5.97 Å². The van der Waals surface area contributed by atoms with Gasteiger partial charge in [0, 0.05) is 19.9 Å². The van der Waals surface area contributed by atoms with E-state index in [0.29, 0.717) is 24.4 Å². The highest BCUT2D eigenvalue weighted by atomic mass is 16.5. The Bertz CT molecular complexity index is 570. The van der Waals surface area contributed by atoms with Gasteiger partial charge in [-0.1, -0.05) is 29.8 Å². The molecule has 0 aliphatic carbocycles. The third-order valence-electron chi connectivity index (χ3n) is 3.06. The Morgan fingerprint density at radius 2 is 1.95 bits per heavy atom. The molecule has 0 aliphatic rings. The number of methoxy groups -OCH3 is 1. The maximum Gasteiger partial charge on any atom is 0.337 e. The maximum absolute atomic E-state index is 11.1. The van der Waals surface area contributed by atoms with Gasteiger partial charge in [-0.05, 0) is 18.6 Å². The Morgan fingerprint density at radius 1 is 1.26 bits per heavy atom. The molecule has 0 unspecified atom stereocenters. The molecular weight excluding hydrogens is 242 g/mol. The molecule has 0 saturated heterocycles. The van der Waals surface area contributed by atoms with E-state index in [0.717, 1.165) is 5.56 Å². The van der Waals surface area contributed by atoms with Gasteiger partial charge in [0.05, 0.1) is 17.9 Å². The molecule has 0 bridgehead atoms. The van der Waals surface area contributed by atoms with Gasteiger partial charge in [0.25, 0.3) is 0 Å². The molecule has 4 nitrogen and oxygen atoms in total. The van der Waals surface area contributed by atoms with Crippen molar-refractivity contribution in [2.45, 2.75) is 20.1 Å². The number of aromatic carboxylic acids is 1. The fourth-order valence-corrected chi connectivity index (χ4v) is 2.04. The predicted octanol–water partition coefficient (Wildman–Crippen LogP) is 2.69. The van der Waals surface area contributed by atoms with Gasteiger partial charge in [0.1, 0.15) is 0 Å². The van der Waals surface area contributed by atoms with Crippen molar-refractivity contribution in [1.29, 1.82) is 0 Å². The molecule has 0 fully saturated rings. The summed E-state index contributed by atoms with van der Waals surface area (Å²) in [5.74, 6) is -0.922. The molecule has 0 spiro atoms. The first-order valence-corrected chi connectivity index (χ1v) is 6.07. The third-order valence-corrected chi connectivity index (χ3v) is 3.06. The second kappa shape index (κ2) is 5.71. The number of carboxylic acid groups (broad SMARTS) is 1. The zero-order valence-corrected chi connectivity index (χ0v) is 11.1. The standard InChI is InChI=1S/C15H17NO3/c1-11-3-5-12(6-4-11)9-16-8-7-13(15(17)18)14(16)10-19-2/h3-8H,9-10H2,1-2H3,(H,17,18). The van der Waals surface area contributed by atoms with Gasteiger partial charge >= 0.3 is 5.97 Å². The van der Waals surface area contributed by atoms with Crippen LogP contribution in [0.4, 0.5) is 0 Å². The molecule has 2 aromatic rings. The second-order valence-electron chi connectivity index (χ2n) is 4.53. The maximum atomic E-state index is 11.1. The second-order valence-corrected chi connectivity index (χ2v) is 4.53. The summed E-state index contributed by atoms with van der Waals surface area (Å²) in [6.07, 6.45) is 1.79. The number of hydrogen-bond donors (Lipinski definition) is 1. The Balaban J connectivity index is 2.29. The molecule has 1 N–H and O–H groups in total. The zero-order valence-electron chi connectivity index (χ0n) is 11.1. The molecule has 0 atom stereocenters. The lowest BCUT2D eigenvalue weighted by atomic mass is 10.1. The van der Waals surface area contributed by atoms with Gasteiger partial charge in [-0.15, -0.1) is 0 Å². The van der Waals surface area contributed by atoms with Crippen molar-refractivity contribution in [3.8, 4) is 0 Å². The first kappa shape index (κ1) is 13.4. The van der Waals surface area contributed by atoms with E-state index in [9.17, 15) is 4.79 Å². The monoisotopic (exact) mass is 259 g/mol. The van der Waals surface area contributed by atoms with Crippen LogP contribution in [-0.4, -0.2) is 22.8 Å². The van der Waals surface area contributed by atoms with Crippen LogP contribution in [0.5, 0.6) is 0 Å². The van der Waals surface area contributed by atoms with E-state index in [-0.39, 0.29) is 0 Å². The molecule has 0 amide bonds. The molecule has 0 saturated carbocycles. The first-order valence-electron chi connectivity index (χ1n) is 6.07. The lowest BCUT2D eigenvalue weighted by molar-refractivity contribution is 0.0691. The lowest BCUT2D eigenvalue weighted by Crippen LogP contribution is -2.08. The highest BCUT2D eigenvalue weighted by molar-refractivity contribution is 5.89. The highest BCUT2D eigenvalue weighted by Crippen LogP contribution is 2.15. The fourth-order valence-electron chi connectivity index (χ4n) is 2.04.